The molecule has 0 saturated heterocycles. The van der Waals surface area contributed by atoms with E-state index in [2.05, 4.69) is 15.4 Å². The molecule has 0 bridgehead atoms. The molecule has 0 radical (unpaired) electrons. The summed E-state index contributed by atoms with van der Waals surface area (Å²) in [4.78, 5) is 15.2. The number of aryl methyl sites for hydroxylation is 1. The van der Waals surface area contributed by atoms with Gasteiger partial charge in [-0.25, -0.2) is 0 Å². The van der Waals surface area contributed by atoms with E-state index in [0.29, 0.717) is 11.8 Å². The Morgan fingerprint density at radius 1 is 1.35 bits per heavy atom. The molecule has 106 valence electrons. The highest BCUT2D eigenvalue weighted by Crippen LogP contribution is 2.29. The summed E-state index contributed by atoms with van der Waals surface area (Å²) in [5.74, 6) is -0.431. The molecule has 5 nitrogen and oxygen atoms in total. The maximum absolute atomic E-state index is 12.5. The highest BCUT2D eigenvalue weighted by atomic mass is 19.4. The van der Waals surface area contributed by atoms with Crippen LogP contribution in [-0.2, 0) is 24.4 Å². The first-order chi connectivity index (χ1) is 9.34. The third-order valence-electron chi connectivity index (χ3n) is 2.47. The molecule has 2 aromatic heterocycles. The molecule has 0 unspecified atom stereocenters. The fraction of sp³-hybridized carbons (Fsp3) is 0.250. The highest BCUT2D eigenvalue weighted by molar-refractivity contribution is 5.92. The van der Waals surface area contributed by atoms with Crippen LogP contribution in [0.15, 0.2) is 30.9 Å². The molecule has 2 heterocycles. The molecular formula is C12H11F3N4O. The Hall–Kier alpha value is -2.38. The van der Waals surface area contributed by atoms with Crippen LogP contribution in [0.1, 0.15) is 11.1 Å². The molecule has 20 heavy (non-hydrogen) atoms. The lowest BCUT2D eigenvalue weighted by molar-refractivity contribution is -0.137. The summed E-state index contributed by atoms with van der Waals surface area (Å²) in [6, 6.07) is 0.841. The standard InChI is InChI=1S/C12H11F3N4O/c1-19-7-8(4-17-19)2-11(20)18-10-3-9(5-16-6-10)12(13,14)15/h3-7H,2H2,1H3,(H,18,20). The molecule has 2 rings (SSSR count). The molecule has 8 heteroatoms. The van der Waals surface area contributed by atoms with Crippen LogP contribution in [0.5, 0.6) is 0 Å². The summed E-state index contributed by atoms with van der Waals surface area (Å²) in [5.41, 5.74) is -0.227. The first-order valence-electron chi connectivity index (χ1n) is 5.64. The van der Waals surface area contributed by atoms with Crippen LogP contribution in [0.25, 0.3) is 0 Å². The summed E-state index contributed by atoms with van der Waals surface area (Å²) >= 11 is 0. The number of rotatable bonds is 3. The van der Waals surface area contributed by atoms with Crippen molar-refractivity contribution in [2.45, 2.75) is 12.6 Å². The molecule has 0 aliphatic rings. The minimum Gasteiger partial charge on any atom is -0.324 e. The molecule has 0 aliphatic heterocycles. The lowest BCUT2D eigenvalue weighted by Crippen LogP contribution is -2.15. The smallest absolute Gasteiger partial charge is 0.324 e. The lowest BCUT2D eigenvalue weighted by Gasteiger charge is -2.08. The number of aromatic nitrogens is 3. The van der Waals surface area contributed by atoms with Gasteiger partial charge in [0.05, 0.1) is 30.1 Å². The topological polar surface area (TPSA) is 59.8 Å². The largest absolute Gasteiger partial charge is 0.417 e. The normalized spacial score (nSPS) is 11.4. The van der Waals surface area contributed by atoms with Crippen molar-refractivity contribution in [3.05, 3.63) is 42.0 Å². The Bertz CT molecular complexity index is 621. The summed E-state index contributed by atoms with van der Waals surface area (Å²) in [6.45, 7) is 0. The van der Waals surface area contributed by atoms with Crippen molar-refractivity contribution in [2.24, 2.45) is 7.05 Å². The zero-order chi connectivity index (χ0) is 14.8. The summed E-state index contributed by atoms with van der Waals surface area (Å²) in [6.07, 6.45) is 0.586. The zero-order valence-corrected chi connectivity index (χ0v) is 10.5. The molecule has 0 aliphatic carbocycles. The maximum Gasteiger partial charge on any atom is 0.417 e. The number of carbonyl (C=O) groups excluding carboxylic acids is 1. The first kappa shape index (κ1) is 14.0. The number of hydrogen-bond acceptors (Lipinski definition) is 3. The van der Waals surface area contributed by atoms with Gasteiger partial charge in [0, 0.05) is 19.4 Å². The monoisotopic (exact) mass is 284 g/mol. The van der Waals surface area contributed by atoms with E-state index in [1.807, 2.05) is 0 Å². The van der Waals surface area contributed by atoms with Gasteiger partial charge in [-0.1, -0.05) is 0 Å². The highest BCUT2D eigenvalue weighted by Gasteiger charge is 2.31. The molecule has 2 aromatic rings. The molecule has 0 fully saturated rings. The number of nitrogens with one attached hydrogen (secondary N) is 1. The van der Waals surface area contributed by atoms with Crippen LogP contribution in [0.3, 0.4) is 0 Å². The summed E-state index contributed by atoms with van der Waals surface area (Å²) in [5, 5.41) is 6.27. The molecule has 0 aromatic carbocycles. The van der Waals surface area contributed by atoms with Gasteiger partial charge in [0.2, 0.25) is 5.91 Å². The van der Waals surface area contributed by atoms with Crippen LogP contribution in [0.2, 0.25) is 0 Å². The summed E-state index contributed by atoms with van der Waals surface area (Å²) < 4.78 is 39.0. The number of anilines is 1. The van der Waals surface area contributed by atoms with Crippen LogP contribution in [0, 0.1) is 0 Å². The molecule has 1 amide bonds. The van der Waals surface area contributed by atoms with E-state index in [9.17, 15) is 18.0 Å². The number of carbonyl (C=O) groups is 1. The van der Waals surface area contributed by atoms with Crippen LogP contribution < -0.4 is 5.32 Å². The van der Waals surface area contributed by atoms with Gasteiger partial charge in [0.15, 0.2) is 0 Å². The predicted molar refractivity (Wildman–Crippen MR) is 64.8 cm³/mol. The average Bonchev–Trinajstić information content (AvgIpc) is 2.73. The molecule has 1 N–H and O–H groups in total. The number of hydrogen-bond donors (Lipinski definition) is 1. The van der Waals surface area contributed by atoms with Crippen LogP contribution in [-0.4, -0.2) is 20.7 Å². The Morgan fingerprint density at radius 3 is 2.70 bits per heavy atom. The number of alkyl halides is 3. The predicted octanol–water partition coefficient (Wildman–Crippen LogP) is 2.02. The second-order valence-electron chi connectivity index (χ2n) is 4.21. The van der Waals surface area contributed by atoms with Gasteiger partial charge in [0.1, 0.15) is 0 Å². The van der Waals surface area contributed by atoms with Crippen LogP contribution >= 0.6 is 0 Å². The minimum absolute atomic E-state index is 0.00807. The van der Waals surface area contributed by atoms with Gasteiger partial charge in [-0.15, -0.1) is 0 Å². The van der Waals surface area contributed by atoms with Gasteiger partial charge in [-0.3, -0.25) is 14.5 Å². The maximum atomic E-state index is 12.5. The lowest BCUT2D eigenvalue weighted by atomic mass is 10.2. The van der Waals surface area contributed by atoms with Crippen LogP contribution in [0.4, 0.5) is 18.9 Å². The van der Waals surface area contributed by atoms with Crippen molar-refractivity contribution >= 4 is 11.6 Å². The fourth-order valence-corrected chi connectivity index (χ4v) is 1.62. The van der Waals surface area contributed by atoms with E-state index in [0.717, 1.165) is 12.3 Å². The van der Waals surface area contributed by atoms with Crippen molar-refractivity contribution in [1.29, 1.82) is 0 Å². The molecular weight excluding hydrogens is 273 g/mol. The van der Waals surface area contributed by atoms with Gasteiger partial charge >= 0.3 is 6.18 Å². The summed E-state index contributed by atoms with van der Waals surface area (Å²) in [7, 11) is 1.71. The fourth-order valence-electron chi connectivity index (χ4n) is 1.62. The third-order valence-corrected chi connectivity index (χ3v) is 2.47. The third kappa shape index (κ3) is 3.56. The Labute approximate surface area is 112 Å². The van der Waals surface area contributed by atoms with E-state index in [-0.39, 0.29) is 12.1 Å². The van der Waals surface area contributed by atoms with E-state index in [1.165, 1.54) is 10.9 Å². The van der Waals surface area contributed by atoms with Crippen molar-refractivity contribution in [3.63, 3.8) is 0 Å². The quantitative estimate of drug-likeness (QED) is 0.938. The second-order valence-corrected chi connectivity index (χ2v) is 4.21. The Morgan fingerprint density at radius 2 is 2.10 bits per heavy atom. The minimum atomic E-state index is -4.49. The van der Waals surface area contributed by atoms with Gasteiger partial charge in [-0.05, 0) is 11.6 Å². The number of amides is 1. The number of nitrogens with zero attached hydrogens (tertiary/aromatic N) is 3. The van der Waals surface area contributed by atoms with Crippen molar-refractivity contribution in [2.75, 3.05) is 5.32 Å². The molecule has 0 spiro atoms. The van der Waals surface area contributed by atoms with Gasteiger partial charge < -0.3 is 5.32 Å². The Kier molecular flexibility index (Phi) is 3.73. The second kappa shape index (κ2) is 5.32. The van der Waals surface area contributed by atoms with Crippen molar-refractivity contribution in [3.8, 4) is 0 Å². The zero-order valence-electron chi connectivity index (χ0n) is 10.5. The van der Waals surface area contributed by atoms with E-state index in [4.69, 9.17) is 0 Å². The van der Waals surface area contributed by atoms with E-state index < -0.39 is 17.6 Å². The number of pyridine rings is 1. The van der Waals surface area contributed by atoms with Crippen molar-refractivity contribution < 1.29 is 18.0 Å². The van der Waals surface area contributed by atoms with Gasteiger partial charge in [-0.2, -0.15) is 18.3 Å². The Balaban J connectivity index is 2.04. The first-order valence-corrected chi connectivity index (χ1v) is 5.64. The SMILES string of the molecule is Cn1cc(CC(=O)Nc2cncc(C(F)(F)F)c2)cn1. The van der Waals surface area contributed by atoms with E-state index >= 15 is 0 Å². The average molecular weight is 284 g/mol. The molecule has 0 saturated carbocycles. The number of halogens is 3. The van der Waals surface area contributed by atoms with Crippen molar-refractivity contribution in [1.82, 2.24) is 14.8 Å². The van der Waals surface area contributed by atoms with Gasteiger partial charge in [0.25, 0.3) is 0 Å². The van der Waals surface area contributed by atoms with E-state index in [1.54, 1.807) is 13.2 Å². The molecule has 0 atom stereocenters.